The molecule has 0 amide bonds. The van der Waals surface area contributed by atoms with Crippen LogP contribution in [0.2, 0.25) is 0 Å². The standard InChI is InChI=1S/C18H17N3OS/c1-11-7-8-12(2)15(9-11)19-18(23)21-20-16-10-17(22)14-6-4-3-5-13(14)16/h3-9H,10H2,1-2H3,(H2,19,21,23)/b20-16-. The third-order valence-corrected chi connectivity index (χ3v) is 3.99. The highest BCUT2D eigenvalue weighted by molar-refractivity contribution is 7.80. The quantitative estimate of drug-likeness (QED) is 0.655. The molecule has 0 fully saturated rings. The number of nitrogens with one attached hydrogen (secondary N) is 2. The fourth-order valence-corrected chi connectivity index (χ4v) is 2.71. The third-order valence-electron chi connectivity index (χ3n) is 3.80. The minimum atomic E-state index is 0.0922. The molecular weight excluding hydrogens is 306 g/mol. The van der Waals surface area contributed by atoms with E-state index in [1.807, 2.05) is 50.2 Å². The Hall–Kier alpha value is -2.53. The first-order valence-electron chi connectivity index (χ1n) is 7.38. The van der Waals surface area contributed by atoms with Gasteiger partial charge < -0.3 is 5.32 Å². The number of carbonyl (C=O) groups excluding carboxylic acids is 1. The Morgan fingerprint density at radius 3 is 2.65 bits per heavy atom. The summed E-state index contributed by atoms with van der Waals surface area (Å²) in [6.45, 7) is 4.05. The van der Waals surface area contributed by atoms with Crippen LogP contribution in [0.3, 0.4) is 0 Å². The largest absolute Gasteiger partial charge is 0.331 e. The van der Waals surface area contributed by atoms with Crippen LogP contribution >= 0.6 is 12.2 Å². The Kier molecular flexibility index (Phi) is 4.21. The molecule has 0 saturated heterocycles. The van der Waals surface area contributed by atoms with Gasteiger partial charge in [-0.05, 0) is 43.3 Å². The molecule has 116 valence electrons. The topological polar surface area (TPSA) is 53.5 Å². The number of rotatable bonds is 2. The molecule has 0 unspecified atom stereocenters. The van der Waals surface area contributed by atoms with Crippen LogP contribution in [0.1, 0.15) is 33.5 Å². The number of anilines is 1. The van der Waals surface area contributed by atoms with Gasteiger partial charge in [0.05, 0.1) is 12.1 Å². The second-order valence-corrected chi connectivity index (χ2v) is 6.00. The van der Waals surface area contributed by atoms with Crippen molar-refractivity contribution in [3.05, 3.63) is 64.7 Å². The van der Waals surface area contributed by atoms with E-state index in [1.54, 1.807) is 0 Å². The maximum absolute atomic E-state index is 11.9. The van der Waals surface area contributed by atoms with Gasteiger partial charge in [-0.25, -0.2) is 0 Å². The molecule has 1 aliphatic rings. The van der Waals surface area contributed by atoms with Gasteiger partial charge in [-0.2, -0.15) is 5.10 Å². The summed E-state index contributed by atoms with van der Waals surface area (Å²) >= 11 is 5.29. The van der Waals surface area contributed by atoms with Crippen LogP contribution in [0.5, 0.6) is 0 Å². The summed E-state index contributed by atoms with van der Waals surface area (Å²) in [4.78, 5) is 11.9. The zero-order valence-corrected chi connectivity index (χ0v) is 13.8. The molecule has 0 atom stereocenters. The minimum absolute atomic E-state index is 0.0922. The summed E-state index contributed by atoms with van der Waals surface area (Å²) in [5.41, 5.74) is 8.36. The monoisotopic (exact) mass is 323 g/mol. The van der Waals surface area contributed by atoms with Gasteiger partial charge >= 0.3 is 0 Å². The van der Waals surface area contributed by atoms with Crippen molar-refractivity contribution < 1.29 is 4.79 Å². The molecule has 0 aromatic heterocycles. The fraction of sp³-hybridized carbons (Fsp3) is 0.167. The van der Waals surface area contributed by atoms with E-state index in [0.29, 0.717) is 11.5 Å². The van der Waals surface area contributed by atoms with Crippen molar-refractivity contribution >= 4 is 34.5 Å². The molecule has 2 aromatic rings. The molecule has 0 spiro atoms. The predicted octanol–water partition coefficient (Wildman–Crippen LogP) is 3.58. The molecule has 0 aliphatic heterocycles. The van der Waals surface area contributed by atoms with Crippen LogP contribution in [0.25, 0.3) is 0 Å². The molecule has 0 radical (unpaired) electrons. The number of carbonyl (C=O) groups is 1. The van der Waals surface area contributed by atoms with Crippen molar-refractivity contribution in [3.8, 4) is 0 Å². The molecule has 5 heteroatoms. The summed E-state index contributed by atoms with van der Waals surface area (Å²) in [5.74, 6) is 0.0922. The van der Waals surface area contributed by atoms with Crippen molar-refractivity contribution in [1.82, 2.24) is 5.43 Å². The SMILES string of the molecule is Cc1ccc(C)c(NC(=S)N/N=C2/CC(=O)c3ccccc32)c1. The number of Topliss-reactive ketones (excluding diaryl/α,β-unsaturated/α-hetero) is 1. The highest BCUT2D eigenvalue weighted by atomic mass is 32.1. The number of benzene rings is 2. The number of thiocarbonyl (C=S) groups is 1. The Morgan fingerprint density at radius 2 is 1.87 bits per heavy atom. The first-order valence-corrected chi connectivity index (χ1v) is 7.79. The van der Waals surface area contributed by atoms with Gasteiger partial charge in [0.1, 0.15) is 0 Å². The number of hydrogen-bond acceptors (Lipinski definition) is 3. The summed E-state index contributed by atoms with van der Waals surface area (Å²) in [6.07, 6.45) is 0.304. The number of aryl methyl sites for hydroxylation is 2. The lowest BCUT2D eigenvalue weighted by molar-refractivity contribution is 0.101. The first-order chi connectivity index (χ1) is 11.0. The molecule has 0 heterocycles. The van der Waals surface area contributed by atoms with Crippen molar-refractivity contribution in [2.45, 2.75) is 20.3 Å². The van der Waals surface area contributed by atoms with Crippen molar-refractivity contribution in [2.24, 2.45) is 5.10 Å². The van der Waals surface area contributed by atoms with Gasteiger partial charge in [-0.3, -0.25) is 10.2 Å². The second-order valence-electron chi connectivity index (χ2n) is 5.59. The highest BCUT2D eigenvalue weighted by Gasteiger charge is 2.24. The zero-order valence-electron chi connectivity index (χ0n) is 13.0. The highest BCUT2D eigenvalue weighted by Crippen LogP contribution is 2.22. The maximum atomic E-state index is 11.9. The van der Waals surface area contributed by atoms with E-state index in [-0.39, 0.29) is 5.78 Å². The van der Waals surface area contributed by atoms with Crippen LogP contribution in [-0.2, 0) is 0 Å². The van der Waals surface area contributed by atoms with Crippen molar-refractivity contribution in [2.75, 3.05) is 5.32 Å². The van der Waals surface area contributed by atoms with E-state index in [9.17, 15) is 4.79 Å². The smallest absolute Gasteiger partial charge is 0.191 e. The molecular formula is C18H17N3OS. The van der Waals surface area contributed by atoms with E-state index >= 15 is 0 Å². The number of ketones is 1. The molecule has 2 aromatic carbocycles. The van der Waals surface area contributed by atoms with Crippen LogP contribution in [0, 0.1) is 13.8 Å². The number of hydrazone groups is 1. The fourth-order valence-electron chi connectivity index (χ4n) is 2.56. The molecule has 4 nitrogen and oxygen atoms in total. The van der Waals surface area contributed by atoms with E-state index < -0.39 is 0 Å². The lowest BCUT2D eigenvalue weighted by Crippen LogP contribution is -2.25. The Labute approximate surface area is 140 Å². The summed E-state index contributed by atoms with van der Waals surface area (Å²) in [5, 5.41) is 7.85. The zero-order chi connectivity index (χ0) is 16.4. The van der Waals surface area contributed by atoms with Crippen LogP contribution in [-0.4, -0.2) is 16.6 Å². The van der Waals surface area contributed by atoms with Gasteiger partial charge in [0.25, 0.3) is 0 Å². The van der Waals surface area contributed by atoms with Gasteiger partial charge in [0.15, 0.2) is 10.9 Å². The maximum Gasteiger partial charge on any atom is 0.191 e. The Morgan fingerprint density at radius 1 is 1.13 bits per heavy atom. The third kappa shape index (κ3) is 3.29. The average molecular weight is 323 g/mol. The molecule has 0 saturated carbocycles. The molecule has 0 bridgehead atoms. The van der Waals surface area contributed by atoms with Crippen LogP contribution < -0.4 is 10.7 Å². The molecule has 23 heavy (non-hydrogen) atoms. The number of hydrogen-bond donors (Lipinski definition) is 2. The lowest BCUT2D eigenvalue weighted by atomic mass is 10.1. The number of fused-ring (bicyclic) bond motifs is 1. The molecule has 3 rings (SSSR count). The second kappa shape index (κ2) is 6.30. The Bertz CT molecular complexity index is 827. The van der Waals surface area contributed by atoms with Crippen molar-refractivity contribution in [1.29, 1.82) is 0 Å². The molecule has 2 N–H and O–H groups in total. The van der Waals surface area contributed by atoms with Crippen molar-refractivity contribution in [3.63, 3.8) is 0 Å². The van der Waals surface area contributed by atoms with E-state index in [4.69, 9.17) is 12.2 Å². The van der Waals surface area contributed by atoms with Gasteiger partial charge in [0.2, 0.25) is 0 Å². The van der Waals surface area contributed by atoms with E-state index in [0.717, 1.165) is 33.7 Å². The predicted molar refractivity (Wildman–Crippen MR) is 97.2 cm³/mol. The summed E-state index contributed by atoms with van der Waals surface area (Å²) in [6, 6.07) is 13.6. The van der Waals surface area contributed by atoms with Gasteiger partial charge in [-0.15, -0.1) is 0 Å². The lowest BCUT2D eigenvalue weighted by Gasteiger charge is -2.11. The number of nitrogens with zero attached hydrogens (tertiary/aromatic N) is 1. The van der Waals surface area contributed by atoms with E-state index in [2.05, 4.69) is 21.9 Å². The summed E-state index contributed by atoms with van der Waals surface area (Å²) in [7, 11) is 0. The molecule has 1 aliphatic carbocycles. The first kappa shape index (κ1) is 15.4. The van der Waals surface area contributed by atoms with Gasteiger partial charge in [0, 0.05) is 16.8 Å². The van der Waals surface area contributed by atoms with E-state index in [1.165, 1.54) is 0 Å². The van der Waals surface area contributed by atoms with Gasteiger partial charge in [-0.1, -0.05) is 36.4 Å². The minimum Gasteiger partial charge on any atom is -0.331 e. The van der Waals surface area contributed by atoms with Crippen LogP contribution in [0.4, 0.5) is 5.69 Å². The van der Waals surface area contributed by atoms with Crippen LogP contribution in [0.15, 0.2) is 47.6 Å². The summed E-state index contributed by atoms with van der Waals surface area (Å²) < 4.78 is 0. The average Bonchev–Trinajstić information content (AvgIpc) is 2.86. The normalized spacial score (nSPS) is 14.7. The Balaban J connectivity index is 1.72.